The minimum absolute atomic E-state index is 0.0470. The first-order valence-corrected chi connectivity index (χ1v) is 11.6. The van der Waals surface area contributed by atoms with Crippen LogP contribution in [0.4, 0.5) is 0 Å². The summed E-state index contributed by atoms with van der Waals surface area (Å²) in [5.41, 5.74) is 6.49. The number of hydrogen-bond donors (Lipinski definition) is 2. The molecule has 10 heteroatoms. The Bertz CT molecular complexity index is 1050. The van der Waals surface area contributed by atoms with Crippen molar-refractivity contribution in [2.45, 2.75) is 57.3 Å². The molecule has 0 spiro atoms. The number of rotatable bonds is 5. The summed E-state index contributed by atoms with van der Waals surface area (Å²) in [5, 5.41) is 6.89. The highest BCUT2D eigenvalue weighted by molar-refractivity contribution is 6.01. The Kier molecular flexibility index (Phi) is 7.16. The first-order chi connectivity index (χ1) is 16.4. The summed E-state index contributed by atoms with van der Waals surface area (Å²) in [5.74, 6) is -0.160. The fourth-order valence-electron chi connectivity index (χ4n) is 4.61. The molecule has 182 valence electrons. The van der Waals surface area contributed by atoms with E-state index in [4.69, 9.17) is 15.0 Å². The van der Waals surface area contributed by atoms with Gasteiger partial charge in [-0.2, -0.15) is 0 Å². The van der Waals surface area contributed by atoms with Crippen LogP contribution < -0.4 is 15.8 Å². The molecular weight excluding hydrogens is 438 g/mol. The van der Waals surface area contributed by atoms with Crippen LogP contribution in [0.25, 0.3) is 0 Å². The number of aryl methyl sites for hydroxylation is 1. The predicted octanol–water partition coefficient (Wildman–Crippen LogP) is 1.69. The average Bonchev–Trinajstić information content (AvgIpc) is 3.30. The van der Waals surface area contributed by atoms with Gasteiger partial charge >= 0.3 is 0 Å². The lowest BCUT2D eigenvalue weighted by molar-refractivity contribution is -0.133. The number of hydrogen-bond acceptors (Lipinski definition) is 7. The maximum atomic E-state index is 13.6. The van der Waals surface area contributed by atoms with Gasteiger partial charge in [-0.1, -0.05) is 11.2 Å². The van der Waals surface area contributed by atoms with Gasteiger partial charge in [-0.05, 0) is 57.2 Å². The van der Waals surface area contributed by atoms with E-state index in [0.717, 1.165) is 25.7 Å². The number of ether oxygens (including phenoxy) is 1. The molecule has 1 aromatic carbocycles. The average molecular weight is 470 g/mol. The molecule has 1 unspecified atom stereocenters. The Hall–Kier alpha value is -3.40. The van der Waals surface area contributed by atoms with Crippen molar-refractivity contribution >= 4 is 17.7 Å². The molecule has 1 aliphatic carbocycles. The molecule has 3 N–H and O–H groups in total. The fourth-order valence-corrected chi connectivity index (χ4v) is 4.61. The number of nitrogens with two attached hydrogens (primary N) is 1. The van der Waals surface area contributed by atoms with Crippen molar-refractivity contribution < 1.29 is 23.6 Å². The van der Waals surface area contributed by atoms with E-state index >= 15 is 0 Å². The van der Waals surface area contributed by atoms with E-state index < -0.39 is 12.1 Å². The van der Waals surface area contributed by atoms with Crippen molar-refractivity contribution in [1.29, 1.82) is 0 Å². The van der Waals surface area contributed by atoms with Gasteiger partial charge in [0.05, 0.1) is 7.11 Å². The minimum Gasteiger partial charge on any atom is -0.497 e. The second-order valence-electron chi connectivity index (χ2n) is 8.90. The van der Waals surface area contributed by atoms with Crippen molar-refractivity contribution in [2.24, 2.45) is 5.73 Å². The summed E-state index contributed by atoms with van der Waals surface area (Å²) >= 11 is 0. The normalized spacial score (nSPS) is 22.9. The Morgan fingerprint density at radius 3 is 2.44 bits per heavy atom. The molecule has 0 bridgehead atoms. The topological polar surface area (TPSA) is 131 Å². The lowest BCUT2D eigenvalue weighted by Gasteiger charge is -2.43. The molecule has 1 saturated carbocycles. The predicted molar refractivity (Wildman–Crippen MR) is 123 cm³/mol. The molecule has 0 radical (unpaired) electrons. The maximum Gasteiger partial charge on any atom is 0.278 e. The Morgan fingerprint density at radius 1 is 1.09 bits per heavy atom. The van der Waals surface area contributed by atoms with E-state index in [1.54, 1.807) is 31.2 Å². The monoisotopic (exact) mass is 469 g/mol. The van der Waals surface area contributed by atoms with Crippen LogP contribution >= 0.6 is 0 Å². The van der Waals surface area contributed by atoms with Crippen molar-refractivity contribution in [3.63, 3.8) is 0 Å². The van der Waals surface area contributed by atoms with E-state index in [0.29, 0.717) is 36.6 Å². The van der Waals surface area contributed by atoms with E-state index in [9.17, 15) is 14.4 Å². The van der Waals surface area contributed by atoms with Crippen molar-refractivity contribution in [2.75, 3.05) is 20.2 Å². The number of amides is 3. The van der Waals surface area contributed by atoms with Crippen LogP contribution in [0, 0.1) is 6.92 Å². The third-order valence-electron chi connectivity index (χ3n) is 6.43. The van der Waals surface area contributed by atoms with Gasteiger partial charge in [0, 0.05) is 36.8 Å². The number of aromatic nitrogens is 1. The zero-order valence-corrected chi connectivity index (χ0v) is 19.5. The second kappa shape index (κ2) is 10.3. The quantitative estimate of drug-likeness (QED) is 0.681. The van der Waals surface area contributed by atoms with E-state index in [1.165, 1.54) is 23.0 Å². The van der Waals surface area contributed by atoms with Gasteiger partial charge in [0.1, 0.15) is 11.5 Å². The highest BCUT2D eigenvalue weighted by atomic mass is 16.5. The summed E-state index contributed by atoms with van der Waals surface area (Å²) in [6.45, 7) is 2.35. The van der Waals surface area contributed by atoms with Crippen LogP contribution in [0.15, 0.2) is 34.9 Å². The Labute approximate surface area is 198 Å². The van der Waals surface area contributed by atoms with Gasteiger partial charge in [0.15, 0.2) is 11.9 Å². The number of carbonyl (C=O) groups excluding carboxylic acids is 3. The summed E-state index contributed by atoms with van der Waals surface area (Å²) in [7, 11) is 1.52. The molecule has 2 fully saturated rings. The smallest absolute Gasteiger partial charge is 0.278 e. The van der Waals surface area contributed by atoms with Crippen LogP contribution in [-0.2, 0) is 4.79 Å². The molecule has 2 aliphatic rings. The summed E-state index contributed by atoms with van der Waals surface area (Å²) < 4.78 is 10.3. The molecule has 34 heavy (non-hydrogen) atoms. The van der Waals surface area contributed by atoms with Gasteiger partial charge in [0.2, 0.25) is 0 Å². The highest BCUT2D eigenvalue weighted by Crippen LogP contribution is 2.24. The lowest BCUT2D eigenvalue weighted by atomic mass is 9.91. The highest BCUT2D eigenvalue weighted by Gasteiger charge is 2.42. The molecule has 4 rings (SSSR count). The molecule has 1 saturated heterocycles. The van der Waals surface area contributed by atoms with Crippen LogP contribution in [-0.4, -0.2) is 71.1 Å². The Morgan fingerprint density at radius 2 is 1.79 bits per heavy atom. The molecule has 2 aromatic rings. The van der Waals surface area contributed by atoms with Crippen LogP contribution in [0.5, 0.6) is 5.75 Å². The van der Waals surface area contributed by atoms with Crippen molar-refractivity contribution in [3.8, 4) is 5.75 Å². The van der Waals surface area contributed by atoms with E-state index in [1.807, 2.05) is 0 Å². The van der Waals surface area contributed by atoms with Gasteiger partial charge in [-0.3, -0.25) is 14.4 Å². The van der Waals surface area contributed by atoms with Crippen LogP contribution in [0.1, 0.15) is 58.7 Å². The first-order valence-electron chi connectivity index (χ1n) is 11.6. The van der Waals surface area contributed by atoms with Gasteiger partial charge in [-0.25, -0.2) is 0 Å². The summed E-state index contributed by atoms with van der Waals surface area (Å²) in [4.78, 5) is 43.3. The molecule has 10 nitrogen and oxygen atoms in total. The van der Waals surface area contributed by atoms with Crippen molar-refractivity contribution in [1.82, 2.24) is 20.3 Å². The summed E-state index contributed by atoms with van der Waals surface area (Å²) in [6.07, 6.45) is 2.60. The molecule has 1 aromatic heterocycles. The number of methoxy groups -OCH3 is 1. The molecule has 1 atom stereocenters. The van der Waals surface area contributed by atoms with Gasteiger partial charge in [-0.15, -0.1) is 0 Å². The van der Waals surface area contributed by atoms with E-state index in [-0.39, 0.29) is 29.6 Å². The van der Waals surface area contributed by atoms with Crippen LogP contribution in [0.3, 0.4) is 0 Å². The fraction of sp³-hybridized carbons (Fsp3) is 0.500. The first kappa shape index (κ1) is 23.7. The Balaban J connectivity index is 1.63. The van der Waals surface area contributed by atoms with Gasteiger partial charge in [0.25, 0.3) is 17.7 Å². The molecule has 2 heterocycles. The number of nitrogens with one attached hydrogen (secondary N) is 1. The molecular formula is C24H31N5O5. The standard InChI is InChI=1S/C24H31N5O5/c1-15-13-20(27-34-15)24(32)29-12-4-11-28(23(31)16-5-3-6-19(14-16)33-2)22(29)21(30)26-18-9-7-17(25)8-10-18/h3,5-6,13-14,17-18,22H,4,7-12,25H2,1-2H3,(H,26,30). The zero-order chi connectivity index (χ0) is 24.2. The number of nitrogens with zero attached hydrogens (tertiary/aromatic N) is 3. The zero-order valence-electron chi connectivity index (χ0n) is 19.5. The molecule has 3 amide bonds. The maximum absolute atomic E-state index is 13.6. The summed E-state index contributed by atoms with van der Waals surface area (Å²) in [6, 6.07) is 8.39. The molecule has 1 aliphatic heterocycles. The third-order valence-corrected chi connectivity index (χ3v) is 6.43. The number of carbonyl (C=O) groups is 3. The second-order valence-corrected chi connectivity index (χ2v) is 8.90. The SMILES string of the molecule is COc1cccc(C(=O)N2CCCN(C(=O)c3cc(C)on3)C2C(=O)NC2CCC(N)CC2)c1. The lowest BCUT2D eigenvalue weighted by Crippen LogP contribution is -2.64. The number of benzene rings is 1. The largest absolute Gasteiger partial charge is 0.497 e. The van der Waals surface area contributed by atoms with E-state index in [2.05, 4.69) is 10.5 Å². The van der Waals surface area contributed by atoms with Gasteiger partial charge < -0.3 is 30.1 Å². The minimum atomic E-state index is -1.10. The third kappa shape index (κ3) is 5.06. The van der Waals surface area contributed by atoms with Crippen molar-refractivity contribution in [3.05, 3.63) is 47.3 Å². The van der Waals surface area contributed by atoms with Crippen LogP contribution in [0.2, 0.25) is 0 Å².